The topological polar surface area (TPSA) is 65.4 Å². The summed E-state index contributed by atoms with van der Waals surface area (Å²) in [5, 5.41) is 8.04. The highest BCUT2D eigenvalue weighted by Gasteiger charge is 2.28. The van der Waals surface area contributed by atoms with E-state index in [4.69, 9.17) is 21.1 Å². The molecule has 0 aliphatic carbocycles. The van der Waals surface area contributed by atoms with E-state index in [2.05, 4.69) is 10.4 Å². The quantitative estimate of drug-likeness (QED) is 0.673. The molecule has 144 valence electrons. The molecule has 0 spiro atoms. The Labute approximate surface area is 171 Å². The SMILES string of the molecule is COc1ccc(NC(=O)c2nn(C)c3c2CSc2ccc(Cl)cc2-3)c(OC)c1. The van der Waals surface area contributed by atoms with Gasteiger partial charge in [0.25, 0.3) is 5.91 Å². The van der Waals surface area contributed by atoms with Crippen LogP contribution in [0.3, 0.4) is 0 Å². The first kappa shape index (κ1) is 18.7. The van der Waals surface area contributed by atoms with Crippen LogP contribution < -0.4 is 14.8 Å². The van der Waals surface area contributed by atoms with Crippen molar-refractivity contribution in [3.05, 3.63) is 52.7 Å². The second kappa shape index (κ2) is 7.41. The molecule has 0 saturated heterocycles. The molecule has 0 unspecified atom stereocenters. The van der Waals surface area contributed by atoms with Gasteiger partial charge < -0.3 is 14.8 Å². The fourth-order valence-electron chi connectivity index (χ4n) is 3.27. The molecule has 3 aromatic rings. The number of rotatable bonds is 4. The molecule has 0 bridgehead atoms. The largest absolute Gasteiger partial charge is 0.497 e. The van der Waals surface area contributed by atoms with E-state index < -0.39 is 0 Å². The minimum atomic E-state index is -0.286. The lowest BCUT2D eigenvalue weighted by molar-refractivity contribution is 0.102. The fraction of sp³-hybridized carbons (Fsp3) is 0.200. The molecule has 6 nitrogen and oxygen atoms in total. The number of anilines is 1. The van der Waals surface area contributed by atoms with Crippen molar-refractivity contribution < 1.29 is 14.3 Å². The normalized spacial score (nSPS) is 12.1. The van der Waals surface area contributed by atoms with Gasteiger partial charge in [-0.1, -0.05) is 11.6 Å². The van der Waals surface area contributed by atoms with Crippen molar-refractivity contribution in [1.82, 2.24) is 9.78 Å². The minimum absolute atomic E-state index is 0.286. The van der Waals surface area contributed by atoms with Crippen LogP contribution in [0.1, 0.15) is 16.1 Å². The van der Waals surface area contributed by atoms with Gasteiger partial charge in [0.15, 0.2) is 5.69 Å². The highest BCUT2D eigenvalue weighted by Crippen LogP contribution is 2.43. The average molecular weight is 416 g/mol. The number of fused-ring (bicyclic) bond motifs is 3. The molecule has 1 aromatic heterocycles. The van der Waals surface area contributed by atoms with Gasteiger partial charge in [0.1, 0.15) is 11.5 Å². The molecule has 1 amide bonds. The summed E-state index contributed by atoms with van der Waals surface area (Å²) in [6.45, 7) is 0. The van der Waals surface area contributed by atoms with Gasteiger partial charge in [0.05, 0.1) is 25.6 Å². The summed E-state index contributed by atoms with van der Waals surface area (Å²) in [4.78, 5) is 14.1. The molecule has 4 rings (SSSR count). The van der Waals surface area contributed by atoms with Crippen LogP contribution in [0, 0.1) is 0 Å². The Morgan fingerprint density at radius 1 is 1.21 bits per heavy atom. The number of methoxy groups -OCH3 is 2. The van der Waals surface area contributed by atoms with E-state index >= 15 is 0 Å². The molecular weight excluding hydrogens is 398 g/mol. The third-order valence-corrected chi connectivity index (χ3v) is 5.92. The zero-order chi connectivity index (χ0) is 19.8. The summed E-state index contributed by atoms with van der Waals surface area (Å²) < 4.78 is 12.3. The number of halogens is 1. The van der Waals surface area contributed by atoms with Crippen LogP contribution in [0.2, 0.25) is 5.02 Å². The molecule has 2 heterocycles. The maximum Gasteiger partial charge on any atom is 0.276 e. The smallest absolute Gasteiger partial charge is 0.276 e. The number of nitrogens with one attached hydrogen (secondary N) is 1. The number of nitrogens with zero attached hydrogens (tertiary/aromatic N) is 2. The number of hydrogen-bond donors (Lipinski definition) is 1. The van der Waals surface area contributed by atoms with E-state index in [1.54, 1.807) is 48.9 Å². The molecule has 0 atom stereocenters. The number of amides is 1. The summed E-state index contributed by atoms with van der Waals surface area (Å²) in [5.41, 5.74) is 3.76. The van der Waals surface area contributed by atoms with Crippen molar-refractivity contribution in [2.75, 3.05) is 19.5 Å². The number of aromatic nitrogens is 2. The molecule has 0 fully saturated rings. The predicted molar refractivity (Wildman–Crippen MR) is 111 cm³/mol. The Morgan fingerprint density at radius 3 is 2.79 bits per heavy atom. The summed E-state index contributed by atoms with van der Waals surface area (Å²) in [5.74, 6) is 1.55. The Kier molecular flexibility index (Phi) is 4.95. The second-order valence-corrected chi connectivity index (χ2v) is 7.70. The standard InChI is InChI=1S/C20H18ClN3O3S/c1-24-19-13-8-11(21)4-7-17(13)28-10-14(19)18(23-24)20(25)22-15-6-5-12(26-2)9-16(15)27-3/h4-9H,10H2,1-3H3,(H,22,25). The second-order valence-electron chi connectivity index (χ2n) is 6.25. The Hall–Kier alpha value is -2.64. The van der Waals surface area contributed by atoms with E-state index in [1.807, 2.05) is 25.2 Å². The van der Waals surface area contributed by atoms with Crippen LogP contribution in [0.15, 0.2) is 41.3 Å². The molecule has 1 N–H and O–H groups in total. The van der Waals surface area contributed by atoms with E-state index in [1.165, 1.54) is 0 Å². The lowest BCUT2D eigenvalue weighted by Gasteiger charge is -2.17. The summed E-state index contributed by atoms with van der Waals surface area (Å²) >= 11 is 7.86. The number of carbonyl (C=O) groups excluding carboxylic acids is 1. The Balaban J connectivity index is 1.70. The van der Waals surface area contributed by atoms with Crippen molar-refractivity contribution in [1.29, 1.82) is 0 Å². The summed E-state index contributed by atoms with van der Waals surface area (Å²) in [6, 6.07) is 11.0. The van der Waals surface area contributed by atoms with E-state index in [0.29, 0.717) is 33.7 Å². The highest BCUT2D eigenvalue weighted by molar-refractivity contribution is 7.98. The molecule has 8 heteroatoms. The molecule has 1 aliphatic heterocycles. The summed E-state index contributed by atoms with van der Waals surface area (Å²) in [6.07, 6.45) is 0. The maximum absolute atomic E-state index is 13.0. The number of hydrogen-bond acceptors (Lipinski definition) is 5. The first-order valence-corrected chi connectivity index (χ1v) is 9.90. The van der Waals surface area contributed by atoms with Crippen LogP contribution >= 0.6 is 23.4 Å². The zero-order valence-corrected chi connectivity index (χ0v) is 17.1. The molecule has 0 saturated carbocycles. The lowest BCUT2D eigenvalue weighted by Crippen LogP contribution is -2.15. The Morgan fingerprint density at radius 2 is 2.04 bits per heavy atom. The molecular formula is C20H18ClN3O3S. The van der Waals surface area contributed by atoms with Crippen molar-refractivity contribution in [2.45, 2.75) is 10.6 Å². The van der Waals surface area contributed by atoms with Gasteiger partial charge in [-0.3, -0.25) is 9.48 Å². The van der Waals surface area contributed by atoms with Crippen LogP contribution in [0.5, 0.6) is 11.5 Å². The van der Waals surface area contributed by atoms with Crippen LogP contribution in [-0.4, -0.2) is 29.9 Å². The van der Waals surface area contributed by atoms with Crippen molar-refractivity contribution in [3.63, 3.8) is 0 Å². The monoisotopic (exact) mass is 415 g/mol. The first-order chi connectivity index (χ1) is 13.5. The van der Waals surface area contributed by atoms with Crippen LogP contribution in [0.4, 0.5) is 5.69 Å². The van der Waals surface area contributed by atoms with E-state index in [9.17, 15) is 4.79 Å². The number of benzene rings is 2. The third-order valence-electron chi connectivity index (χ3n) is 4.59. The third kappa shape index (κ3) is 3.21. The zero-order valence-electron chi connectivity index (χ0n) is 15.6. The molecule has 0 radical (unpaired) electrons. The Bertz CT molecular complexity index is 1080. The van der Waals surface area contributed by atoms with Gasteiger partial charge in [-0.2, -0.15) is 5.10 Å². The highest BCUT2D eigenvalue weighted by atomic mass is 35.5. The number of ether oxygens (including phenoxy) is 2. The van der Waals surface area contributed by atoms with Crippen LogP contribution in [0.25, 0.3) is 11.3 Å². The van der Waals surface area contributed by atoms with E-state index in [0.717, 1.165) is 21.7 Å². The molecule has 1 aliphatic rings. The molecule has 2 aromatic carbocycles. The van der Waals surface area contributed by atoms with E-state index in [-0.39, 0.29) is 5.91 Å². The van der Waals surface area contributed by atoms with Gasteiger partial charge in [0, 0.05) is 39.9 Å². The maximum atomic E-state index is 13.0. The van der Waals surface area contributed by atoms with Gasteiger partial charge in [-0.25, -0.2) is 0 Å². The number of carbonyl (C=O) groups is 1. The predicted octanol–water partition coefficient (Wildman–Crippen LogP) is 4.62. The van der Waals surface area contributed by atoms with Crippen LogP contribution in [-0.2, 0) is 12.8 Å². The molecule has 28 heavy (non-hydrogen) atoms. The fourth-order valence-corrected chi connectivity index (χ4v) is 4.49. The minimum Gasteiger partial charge on any atom is -0.497 e. The average Bonchev–Trinajstić information content (AvgIpc) is 3.05. The van der Waals surface area contributed by atoms with Gasteiger partial charge in [-0.15, -0.1) is 11.8 Å². The number of aryl methyl sites for hydroxylation is 1. The van der Waals surface area contributed by atoms with Gasteiger partial charge >= 0.3 is 0 Å². The first-order valence-electron chi connectivity index (χ1n) is 8.53. The van der Waals surface area contributed by atoms with Crippen molar-refractivity contribution >= 4 is 35.0 Å². The summed E-state index contributed by atoms with van der Waals surface area (Å²) in [7, 11) is 4.96. The lowest BCUT2D eigenvalue weighted by atomic mass is 10.1. The van der Waals surface area contributed by atoms with Gasteiger partial charge in [0.2, 0.25) is 0 Å². The van der Waals surface area contributed by atoms with Gasteiger partial charge in [-0.05, 0) is 30.3 Å². The van der Waals surface area contributed by atoms with Crippen molar-refractivity contribution in [3.8, 4) is 22.8 Å². The number of thioether (sulfide) groups is 1. The van der Waals surface area contributed by atoms with Crippen molar-refractivity contribution in [2.24, 2.45) is 7.05 Å².